The van der Waals surface area contributed by atoms with Crippen LogP contribution < -0.4 is 10.6 Å². The first-order valence-electron chi connectivity index (χ1n) is 6.33. The third-order valence-electron chi connectivity index (χ3n) is 3.21. The average molecular weight is 286 g/mol. The smallest absolute Gasteiger partial charge is 0.156 e. The molecule has 104 valence electrons. The van der Waals surface area contributed by atoms with Gasteiger partial charge in [0.2, 0.25) is 0 Å². The molecule has 0 fully saturated rings. The highest BCUT2D eigenvalue weighted by Gasteiger charge is 2.10. The predicted molar refractivity (Wildman–Crippen MR) is 79.2 cm³/mol. The van der Waals surface area contributed by atoms with Crippen LogP contribution in [0.1, 0.15) is 16.7 Å². The van der Waals surface area contributed by atoms with Gasteiger partial charge >= 0.3 is 0 Å². The molecule has 5 heteroatoms. The second-order valence-corrected chi connectivity index (χ2v) is 4.45. The van der Waals surface area contributed by atoms with Crippen LogP contribution in [0.2, 0.25) is 0 Å². The van der Waals surface area contributed by atoms with Gasteiger partial charge in [-0.15, -0.1) is 0 Å². The molecule has 0 bridgehead atoms. The summed E-state index contributed by atoms with van der Waals surface area (Å²) in [5.74, 6) is -0.0101. The van der Waals surface area contributed by atoms with E-state index in [4.69, 9.17) is 10.5 Å². The minimum atomic E-state index is -0.231. The number of aliphatic hydroxyl groups excluding tert-OH is 1. The van der Waals surface area contributed by atoms with Crippen molar-refractivity contribution in [3.63, 3.8) is 0 Å². The van der Waals surface area contributed by atoms with Crippen LogP contribution in [0.3, 0.4) is 0 Å². The Morgan fingerprint density at radius 2 is 1.73 bits per heavy atom. The predicted octanol–water partition coefficient (Wildman–Crippen LogP) is 1.17. The molecule has 0 unspecified atom stereocenters. The minimum absolute atomic E-state index is 0.0101. The molecule has 0 spiro atoms. The van der Waals surface area contributed by atoms with Crippen LogP contribution in [0.4, 0.5) is 0 Å². The standard InChI is InChI=1S/C17H10N4O/c1-11-14(9-20)16(13(7-18)8-19)21-10-15(11)17(22)12-5-3-2-4-6-12/h2-6,10,22H,1H3/b17-15-. The molecular formula is C17H10N4O. The molecule has 0 saturated heterocycles. The SMILES string of the molecule is Cc1c(C#N)c(=C(C#N)C#N)nc/c1=C(/O)c1ccccc1. The number of nitrogens with zero attached hydrogens (tertiary/aromatic N) is 4. The van der Waals surface area contributed by atoms with Crippen LogP contribution in [-0.2, 0) is 0 Å². The van der Waals surface area contributed by atoms with Gasteiger partial charge in [-0.2, -0.15) is 15.8 Å². The van der Waals surface area contributed by atoms with E-state index in [0.29, 0.717) is 16.3 Å². The Morgan fingerprint density at radius 3 is 2.27 bits per heavy atom. The Kier molecular flexibility index (Phi) is 4.18. The van der Waals surface area contributed by atoms with Crippen molar-refractivity contribution in [1.29, 1.82) is 15.8 Å². The zero-order valence-electron chi connectivity index (χ0n) is 11.7. The maximum absolute atomic E-state index is 10.4. The van der Waals surface area contributed by atoms with Crippen molar-refractivity contribution in [2.45, 2.75) is 6.92 Å². The Bertz CT molecular complexity index is 955. The van der Waals surface area contributed by atoms with Crippen LogP contribution in [0, 0.1) is 40.9 Å². The summed E-state index contributed by atoms with van der Waals surface area (Å²) < 4.78 is 0. The van der Waals surface area contributed by atoms with E-state index in [1.807, 2.05) is 12.1 Å². The van der Waals surface area contributed by atoms with Crippen molar-refractivity contribution in [1.82, 2.24) is 4.98 Å². The van der Waals surface area contributed by atoms with Gasteiger partial charge in [0.1, 0.15) is 29.3 Å². The van der Waals surface area contributed by atoms with Gasteiger partial charge < -0.3 is 5.11 Å². The highest BCUT2D eigenvalue weighted by atomic mass is 16.3. The molecule has 1 aromatic carbocycles. The summed E-state index contributed by atoms with van der Waals surface area (Å²) in [5, 5.41) is 38.0. The lowest BCUT2D eigenvalue weighted by Crippen LogP contribution is -2.25. The Morgan fingerprint density at radius 1 is 1.09 bits per heavy atom. The Hall–Kier alpha value is -3.62. The van der Waals surface area contributed by atoms with Gasteiger partial charge in [-0.25, -0.2) is 0 Å². The number of rotatable bonds is 1. The molecule has 1 heterocycles. The van der Waals surface area contributed by atoms with E-state index in [1.54, 1.807) is 43.3 Å². The second-order valence-electron chi connectivity index (χ2n) is 4.45. The van der Waals surface area contributed by atoms with Crippen molar-refractivity contribution in [3.8, 4) is 18.2 Å². The number of aromatic nitrogens is 1. The number of aliphatic hydroxyl groups is 1. The molecule has 0 atom stereocenters. The molecule has 2 rings (SSSR count). The third-order valence-corrected chi connectivity index (χ3v) is 3.21. The van der Waals surface area contributed by atoms with Crippen molar-refractivity contribution < 1.29 is 5.11 Å². The second kappa shape index (κ2) is 6.22. The normalized spacial score (nSPS) is 10.8. The molecule has 0 amide bonds. The van der Waals surface area contributed by atoms with Crippen molar-refractivity contribution in [3.05, 3.63) is 63.8 Å². The van der Waals surface area contributed by atoms with E-state index < -0.39 is 0 Å². The Balaban J connectivity index is 2.92. The van der Waals surface area contributed by atoms with Gasteiger partial charge in [-0.3, -0.25) is 4.98 Å². The summed E-state index contributed by atoms with van der Waals surface area (Å²) in [6, 6.07) is 14.3. The van der Waals surface area contributed by atoms with E-state index >= 15 is 0 Å². The monoisotopic (exact) mass is 286 g/mol. The van der Waals surface area contributed by atoms with Gasteiger partial charge in [-0.05, 0) is 12.5 Å². The molecule has 1 aromatic heterocycles. The van der Waals surface area contributed by atoms with Gasteiger partial charge in [0.25, 0.3) is 0 Å². The number of benzene rings is 1. The van der Waals surface area contributed by atoms with E-state index in [2.05, 4.69) is 4.98 Å². The summed E-state index contributed by atoms with van der Waals surface area (Å²) in [6.45, 7) is 1.64. The quantitative estimate of drug-likeness (QED) is 0.847. The summed E-state index contributed by atoms with van der Waals surface area (Å²) in [5.41, 5.74) is 0.939. The summed E-state index contributed by atoms with van der Waals surface area (Å²) in [7, 11) is 0. The highest BCUT2D eigenvalue weighted by Crippen LogP contribution is 2.08. The fourth-order valence-electron chi connectivity index (χ4n) is 2.05. The first-order chi connectivity index (χ1) is 10.6. The van der Waals surface area contributed by atoms with Crippen LogP contribution in [0.25, 0.3) is 11.3 Å². The van der Waals surface area contributed by atoms with Crippen molar-refractivity contribution >= 4 is 11.3 Å². The zero-order valence-corrected chi connectivity index (χ0v) is 11.7. The number of hydrogen-bond acceptors (Lipinski definition) is 5. The molecule has 22 heavy (non-hydrogen) atoms. The van der Waals surface area contributed by atoms with E-state index in [-0.39, 0.29) is 22.2 Å². The molecule has 0 radical (unpaired) electrons. The average Bonchev–Trinajstić information content (AvgIpc) is 2.56. The van der Waals surface area contributed by atoms with Gasteiger partial charge in [0, 0.05) is 17.0 Å². The van der Waals surface area contributed by atoms with Crippen LogP contribution in [0.5, 0.6) is 0 Å². The lowest BCUT2D eigenvalue weighted by Gasteiger charge is -2.04. The van der Waals surface area contributed by atoms with E-state index in [0.717, 1.165) is 0 Å². The van der Waals surface area contributed by atoms with Crippen molar-refractivity contribution in [2.24, 2.45) is 0 Å². The molecule has 0 aliphatic carbocycles. The lowest BCUT2D eigenvalue weighted by molar-refractivity contribution is 0.507. The van der Waals surface area contributed by atoms with Gasteiger partial charge in [-0.1, -0.05) is 30.3 Å². The number of pyridine rings is 1. The maximum Gasteiger partial charge on any atom is 0.156 e. The van der Waals surface area contributed by atoms with Gasteiger partial charge in [0.05, 0.1) is 5.56 Å². The number of nitriles is 3. The van der Waals surface area contributed by atoms with E-state index in [1.165, 1.54) is 6.20 Å². The van der Waals surface area contributed by atoms with Gasteiger partial charge in [0.15, 0.2) is 5.57 Å². The molecule has 1 N–H and O–H groups in total. The number of hydrogen-bond donors (Lipinski definition) is 1. The highest BCUT2D eigenvalue weighted by molar-refractivity contribution is 5.73. The molecule has 2 aromatic rings. The fourth-order valence-corrected chi connectivity index (χ4v) is 2.05. The van der Waals surface area contributed by atoms with Crippen LogP contribution >= 0.6 is 0 Å². The molecular weight excluding hydrogens is 276 g/mol. The summed E-state index contributed by atoms with van der Waals surface area (Å²) >= 11 is 0. The third kappa shape index (κ3) is 2.50. The van der Waals surface area contributed by atoms with Crippen molar-refractivity contribution in [2.75, 3.05) is 0 Å². The van der Waals surface area contributed by atoms with E-state index in [9.17, 15) is 10.4 Å². The summed E-state index contributed by atoms with van der Waals surface area (Å²) in [4.78, 5) is 4.01. The maximum atomic E-state index is 10.4. The zero-order chi connectivity index (χ0) is 16.1. The molecule has 0 saturated carbocycles. The molecule has 5 nitrogen and oxygen atoms in total. The Labute approximate surface area is 126 Å². The fraction of sp³-hybridized carbons (Fsp3) is 0.0588. The molecule has 0 aliphatic heterocycles. The van der Waals surface area contributed by atoms with Crippen LogP contribution in [0.15, 0.2) is 36.5 Å². The first kappa shape index (κ1) is 14.8. The summed E-state index contributed by atoms with van der Waals surface area (Å²) in [6.07, 6.45) is 1.36. The lowest BCUT2D eigenvalue weighted by atomic mass is 10.0. The molecule has 0 aliphatic rings. The first-order valence-corrected chi connectivity index (χ1v) is 6.33. The minimum Gasteiger partial charge on any atom is -0.507 e. The largest absolute Gasteiger partial charge is 0.507 e. The van der Waals surface area contributed by atoms with Crippen LogP contribution in [-0.4, -0.2) is 10.1 Å². The topological polar surface area (TPSA) is 104 Å².